The van der Waals surface area contributed by atoms with Crippen LogP contribution in [0.4, 0.5) is 11.8 Å². The highest BCUT2D eigenvalue weighted by Crippen LogP contribution is 2.18. The number of rotatable bonds is 5. The van der Waals surface area contributed by atoms with E-state index in [1.165, 1.54) is 0 Å². The molecule has 0 amide bonds. The largest absolute Gasteiger partial charge is 0.378 e. The molecule has 1 N–H and O–H groups in total. The van der Waals surface area contributed by atoms with E-state index in [0.717, 1.165) is 69.6 Å². The first-order valence-corrected chi connectivity index (χ1v) is 8.83. The topological polar surface area (TPSA) is 79.5 Å². The summed E-state index contributed by atoms with van der Waals surface area (Å²) < 4.78 is 10.5. The summed E-state index contributed by atoms with van der Waals surface area (Å²) in [6, 6.07) is 4.31. The molecular formula is C17H24N6O2. The average molecular weight is 344 g/mol. The molecule has 25 heavy (non-hydrogen) atoms. The molecule has 0 spiro atoms. The van der Waals surface area contributed by atoms with E-state index in [-0.39, 0.29) is 0 Å². The van der Waals surface area contributed by atoms with Gasteiger partial charge in [0.2, 0.25) is 5.95 Å². The molecule has 2 saturated heterocycles. The summed E-state index contributed by atoms with van der Waals surface area (Å²) >= 11 is 0. The molecule has 2 aliphatic rings. The molecule has 2 aromatic heterocycles. The first-order chi connectivity index (χ1) is 12.3. The Morgan fingerprint density at radius 1 is 1.28 bits per heavy atom. The number of hydrogen-bond acceptors (Lipinski definition) is 8. The van der Waals surface area contributed by atoms with Crippen LogP contribution in [0.15, 0.2) is 22.9 Å². The van der Waals surface area contributed by atoms with Gasteiger partial charge in [0, 0.05) is 51.0 Å². The minimum absolute atomic E-state index is 0.355. The van der Waals surface area contributed by atoms with Gasteiger partial charge in [0.1, 0.15) is 11.6 Å². The van der Waals surface area contributed by atoms with Crippen LogP contribution >= 0.6 is 0 Å². The van der Waals surface area contributed by atoms with Gasteiger partial charge in [0.05, 0.1) is 18.9 Å². The second-order valence-electron chi connectivity index (χ2n) is 6.63. The number of anilines is 2. The highest BCUT2D eigenvalue weighted by atomic mass is 16.5. The zero-order valence-electron chi connectivity index (χ0n) is 14.5. The van der Waals surface area contributed by atoms with Crippen LogP contribution in [0.3, 0.4) is 0 Å². The highest BCUT2D eigenvalue weighted by molar-refractivity contribution is 5.43. The molecule has 2 aliphatic heterocycles. The van der Waals surface area contributed by atoms with Gasteiger partial charge in [-0.05, 0) is 19.4 Å². The predicted octanol–water partition coefficient (Wildman–Crippen LogP) is 1.30. The Bertz CT molecular complexity index is 700. The lowest BCUT2D eigenvalue weighted by molar-refractivity contribution is 0.122. The number of nitrogens with one attached hydrogen (secondary N) is 1. The maximum atomic E-state index is 5.40. The maximum Gasteiger partial charge on any atom is 0.224 e. The second kappa shape index (κ2) is 7.37. The molecule has 0 saturated carbocycles. The minimum atomic E-state index is 0.355. The smallest absolute Gasteiger partial charge is 0.224 e. The number of aromatic nitrogens is 3. The van der Waals surface area contributed by atoms with Crippen molar-refractivity contribution in [2.75, 3.05) is 49.6 Å². The summed E-state index contributed by atoms with van der Waals surface area (Å²) in [5.74, 6) is 2.53. The number of morpholine rings is 1. The Morgan fingerprint density at radius 2 is 2.16 bits per heavy atom. The molecule has 134 valence electrons. The molecule has 2 fully saturated rings. The van der Waals surface area contributed by atoms with Gasteiger partial charge in [-0.2, -0.15) is 4.98 Å². The molecule has 0 radical (unpaired) electrons. The SMILES string of the molecule is Cc1cc(CN2CCC(Nc3nccc(N4CCOCC4)n3)C2)no1. The number of aryl methyl sites for hydroxylation is 1. The van der Waals surface area contributed by atoms with Gasteiger partial charge in [-0.25, -0.2) is 4.98 Å². The standard InChI is InChI=1S/C17H24N6O2/c1-13-10-15(21-25-13)12-22-5-3-14(11-22)19-17-18-4-2-16(20-17)23-6-8-24-9-7-23/h2,4,10,14H,3,5-9,11-12H2,1H3,(H,18,19,20). The number of ether oxygens (including phenoxy) is 1. The molecule has 0 bridgehead atoms. The van der Waals surface area contributed by atoms with Crippen molar-refractivity contribution >= 4 is 11.8 Å². The molecule has 8 heteroatoms. The van der Waals surface area contributed by atoms with Crippen LogP contribution in [-0.2, 0) is 11.3 Å². The van der Waals surface area contributed by atoms with E-state index in [2.05, 4.69) is 30.2 Å². The van der Waals surface area contributed by atoms with Crippen molar-refractivity contribution < 1.29 is 9.26 Å². The molecule has 4 rings (SSSR count). The van der Waals surface area contributed by atoms with Crippen molar-refractivity contribution in [1.82, 2.24) is 20.0 Å². The third-order valence-electron chi connectivity index (χ3n) is 4.64. The van der Waals surface area contributed by atoms with E-state index in [1.807, 2.05) is 25.3 Å². The van der Waals surface area contributed by atoms with Crippen LogP contribution in [0.2, 0.25) is 0 Å². The maximum absolute atomic E-state index is 5.40. The summed E-state index contributed by atoms with van der Waals surface area (Å²) in [5.41, 5.74) is 0.990. The van der Waals surface area contributed by atoms with Crippen LogP contribution in [0.5, 0.6) is 0 Å². The monoisotopic (exact) mass is 344 g/mol. The fraction of sp³-hybridized carbons (Fsp3) is 0.588. The van der Waals surface area contributed by atoms with Crippen molar-refractivity contribution in [1.29, 1.82) is 0 Å². The van der Waals surface area contributed by atoms with E-state index >= 15 is 0 Å². The Hall–Kier alpha value is -2.19. The van der Waals surface area contributed by atoms with Gasteiger partial charge in [-0.3, -0.25) is 4.90 Å². The third-order valence-corrected chi connectivity index (χ3v) is 4.64. The first kappa shape index (κ1) is 16.3. The normalized spacial score (nSPS) is 21.6. The van der Waals surface area contributed by atoms with Crippen LogP contribution in [-0.4, -0.2) is 65.5 Å². The van der Waals surface area contributed by atoms with Crippen LogP contribution < -0.4 is 10.2 Å². The summed E-state index contributed by atoms with van der Waals surface area (Å²) in [6.45, 7) is 8.00. The fourth-order valence-electron chi connectivity index (χ4n) is 3.39. The van der Waals surface area contributed by atoms with Gasteiger partial charge in [-0.15, -0.1) is 0 Å². The van der Waals surface area contributed by atoms with Gasteiger partial charge in [0.25, 0.3) is 0 Å². The van der Waals surface area contributed by atoms with Gasteiger partial charge in [0.15, 0.2) is 0 Å². The molecular weight excluding hydrogens is 320 g/mol. The summed E-state index contributed by atoms with van der Waals surface area (Å²) in [6.07, 6.45) is 2.90. The third kappa shape index (κ3) is 4.08. The Morgan fingerprint density at radius 3 is 2.96 bits per heavy atom. The van der Waals surface area contributed by atoms with Crippen molar-refractivity contribution in [3.63, 3.8) is 0 Å². The van der Waals surface area contributed by atoms with Crippen molar-refractivity contribution in [2.45, 2.75) is 25.9 Å². The summed E-state index contributed by atoms with van der Waals surface area (Å²) in [7, 11) is 0. The lowest BCUT2D eigenvalue weighted by Crippen LogP contribution is -2.37. The zero-order valence-corrected chi connectivity index (χ0v) is 14.5. The molecule has 0 aliphatic carbocycles. The van der Waals surface area contributed by atoms with Crippen molar-refractivity contribution in [3.05, 3.63) is 29.8 Å². The molecule has 1 atom stereocenters. The number of likely N-dealkylation sites (tertiary alicyclic amines) is 1. The zero-order chi connectivity index (χ0) is 17.1. The van der Waals surface area contributed by atoms with Crippen molar-refractivity contribution in [3.8, 4) is 0 Å². The Kier molecular flexibility index (Phi) is 4.80. The molecule has 1 unspecified atom stereocenters. The average Bonchev–Trinajstić information content (AvgIpc) is 3.25. The van der Waals surface area contributed by atoms with Crippen LogP contribution in [0.25, 0.3) is 0 Å². The Labute approximate surface area is 147 Å². The lowest BCUT2D eigenvalue weighted by atomic mass is 10.3. The van der Waals surface area contributed by atoms with E-state index in [4.69, 9.17) is 9.26 Å². The van der Waals surface area contributed by atoms with Crippen molar-refractivity contribution in [2.24, 2.45) is 0 Å². The van der Waals surface area contributed by atoms with E-state index < -0.39 is 0 Å². The van der Waals surface area contributed by atoms with Crippen LogP contribution in [0, 0.1) is 6.92 Å². The number of hydrogen-bond donors (Lipinski definition) is 1. The highest BCUT2D eigenvalue weighted by Gasteiger charge is 2.24. The quantitative estimate of drug-likeness (QED) is 0.869. The summed E-state index contributed by atoms with van der Waals surface area (Å²) in [4.78, 5) is 13.7. The molecule has 2 aromatic rings. The van der Waals surface area contributed by atoms with Gasteiger partial charge < -0.3 is 19.5 Å². The molecule has 0 aromatic carbocycles. The second-order valence-corrected chi connectivity index (χ2v) is 6.63. The minimum Gasteiger partial charge on any atom is -0.378 e. The summed E-state index contributed by atoms with van der Waals surface area (Å²) in [5, 5.41) is 7.55. The van der Waals surface area contributed by atoms with Gasteiger partial charge >= 0.3 is 0 Å². The fourth-order valence-corrected chi connectivity index (χ4v) is 3.39. The van der Waals surface area contributed by atoms with E-state index in [0.29, 0.717) is 12.0 Å². The van der Waals surface area contributed by atoms with E-state index in [9.17, 15) is 0 Å². The predicted molar refractivity (Wildman–Crippen MR) is 93.6 cm³/mol. The lowest BCUT2D eigenvalue weighted by Gasteiger charge is -2.28. The molecule has 8 nitrogen and oxygen atoms in total. The first-order valence-electron chi connectivity index (χ1n) is 8.83. The van der Waals surface area contributed by atoms with Crippen LogP contribution in [0.1, 0.15) is 17.9 Å². The molecule has 4 heterocycles. The van der Waals surface area contributed by atoms with E-state index in [1.54, 1.807) is 0 Å². The Balaban J connectivity index is 1.33. The number of nitrogens with zero attached hydrogens (tertiary/aromatic N) is 5. The van der Waals surface area contributed by atoms with Gasteiger partial charge in [-0.1, -0.05) is 5.16 Å².